The number of hydrogen-bond donors (Lipinski definition) is 2. The van der Waals surface area contributed by atoms with Crippen molar-refractivity contribution in [3.8, 4) is 0 Å². The molecule has 0 spiro atoms. The van der Waals surface area contributed by atoms with Gasteiger partial charge in [0.15, 0.2) is 0 Å². The minimum absolute atomic E-state index is 0.179. The predicted octanol–water partition coefficient (Wildman–Crippen LogP) is 2.84. The van der Waals surface area contributed by atoms with Crippen molar-refractivity contribution in [3.05, 3.63) is 27.7 Å². The zero-order chi connectivity index (χ0) is 14.5. The van der Waals surface area contributed by atoms with Gasteiger partial charge in [-0.2, -0.15) is 0 Å². The van der Waals surface area contributed by atoms with E-state index >= 15 is 0 Å². The summed E-state index contributed by atoms with van der Waals surface area (Å²) < 4.78 is 27.0. The molecule has 1 aromatic carbocycles. The Bertz CT molecular complexity index is 564. The summed E-state index contributed by atoms with van der Waals surface area (Å²) >= 11 is 13.8. The number of nitrogens with one attached hydrogen (secondary N) is 1. The van der Waals surface area contributed by atoms with Crippen LogP contribution in [0, 0.1) is 0 Å². The van der Waals surface area contributed by atoms with Crippen molar-refractivity contribution in [2.45, 2.75) is 24.2 Å². The number of halogens is 2. The normalized spacial score (nSPS) is 11.5. The number of unbranched alkanes of at least 4 members (excludes halogenated alkanes) is 1. The molecule has 0 unspecified atom stereocenters. The summed E-state index contributed by atoms with van der Waals surface area (Å²) in [5.74, 6) is 0. The van der Waals surface area contributed by atoms with Crippen molar-refractivity contribution in [3.63, 3.8) is 0 Å². The van der Waals surface area contributed by atoms with Gasteiger partial charge in [-0.1, -0.05) is 23.8 Å². The molecular weight excluding hydrogens is 372 g/mol. The van der Waals surface area contributed by atoms with Crippen LogP contribution in [-0.4, -0.2) is 20.0 Å². The minimum atomic E-state index is -3.50. The molecule has 0 aliphatic heterocycles. The smallest absolute Gasteiger partial charge is 0.240 e. The van der Waals surface area contributed by atoms with Crippen molar-refractivity contribution in [1.29, 1.82) is 0 Å². The molecule has 106 valence electrons. The summed E-state index contributed by atoms with van der Waals surface area (Å²) in [7, 11) is -3.50. The Labute approximate surface area is 131 Å². The van der Waals surface area contributed by atoms with E-state index in [2.05, 4.69) is 20.7 Å². The maximum atomic E-state index is 12.0. The van der Waals surface area contributed by atoms with Gasteiger partial charge in [0.1, 0.15) is 0 Å². The third-order valence-electron chi connectivity index (χ3n) is 2.34. The molecule has 0 heterocycles. The lowest BCUT2D eigenvalue weighted by Crippen LogP contribution is -2.25. The van der Waals surface area contributed by atoms with E-state index in [1.54, 1.807) is 0 Å². The van der Waals surface area contributed by atoms with Crippen LogP contribution in [0.5, 0.6) is 0 Å². The Balaban J connectivity index is 2.56. The number of hydrogen-bond acceptors (Lipinski definition) is 3. The van der Waals surface area contributed by atoms with Crippen LogP contribution in [0.4, 0.5) is 0 Å². The fraction of sp³-hybridized carbons (Fsp3) is 0.364. The molecule has 1 rings (SSSR count). The molecule has 1 aromatic rings. The molecule has 0 atom stereocenters. The fourth-order valence-corrected chi connectivity index (χ4v) is 3.25. The summed E-state index contributed by atoms with van der Waals surface area (Å²) in [4.78, 5) is 0.627. The Hall–Kier alpha value is -0.210. The van der Waals surface area contributed by atoms with Crippen LogP contribution in [-0.2, 0) is 10.0 Å². The van der Waals surface area contributed by atoms with Gasteiger partial charge in [0, 0.05) is 11.0 Å². The second-order valence-electron chi connectivity index (χ2n) is 3.90. The predicted molar refractivity (Wildman–Crippen MR) is 85.0 cm³/mol. The molecule has 0 aliphatic rings. The maximum Gasteiger partial charge on any atom is 0.240 e. The van der Waals surface area contributed by atoms with Crippen LogP contribution >= 0.6 is 39.7 Å². The topological polar surface area (TPSA) is 72.2 Å². The second kappa shape index (κ2) is 7.54. The van der Waals surface area contributed by atoms with Gasteiger partial charge in [-0.05, 0) is 53.4 Å². The number of sulfonamides is 1. The molecule has 4 nitrogen and oxygen atoms in total. The molecule has 3 N–H and O–H groups in total. The average Bonchev–Trinajstić information content (AvgIpc) is 2.31. The van der Waals surface area contributed by atoms with Crippen LogP contribution in [0.1, 0.15) is 19.3 Å². The van der Waals surface area contributed by atoms with Crippen LogP contribution < -0.4 is 10.5 Å². The summed E-state index contributed by atoms with van der Waals surface area (Å²) in [6, 6.07) is 4.47. The third-order valence-corrected chi connectivity index (χ3v) is 5.22. The Kier molecular flexibility index (Phi) is 6.68. The van der Waals surface area contributed by atoms with Crippen LogP contribution in [0.2, 0.25) is 5.02 Å². The first-order valence-corrected chi connectivity index (χ1v) is 8.62. The lowest BCUT2D eigenvalue weighted by molar-refractivity contribution is 0.577. The van der Waals surface area contributed by atoms with Gasteiger partial charge in [-0.15, -0.1) is 0 Å². The molecule has 0 bridgehead atoms. The van der Waals surface area contributed by atoms with Crippen LogP contribution in [0.15, 0.2) is 27.6 Å². The highest BCUT2D eigenvalue weighted by molar-refractivity contribution is 9.10. The quantitative estimate of drug-likeness (QED) is 0.559. The first-order chi connectivity index (χ1) is 8.83. The largest absolute Gasteiger partial charge is 0.393 e. The van der Waals surface area contributed by atoms with E-state index < -0.39 is 10.0 Å². The lowest BCUT2D eigenvalue weighted by atomic mass is 10.2. The summed E-state index contributed by atoms with van der Waals surface area (Å²) in [6.07, 6.45) is 2.08. The molecule has 8 heteroatoms. The number of rotatable bonds is 7. The molecule has 0 saturated carbocycles. The summed E-state index contributed by atoms with van der Waals surface area (Å²) in [6.45, 7) is 0.352. The van der Waals surface area contributed by atoms with E-state index in [1.165, 1.54) is 18.2 Å². The van der Waals surface area contributed by atoms with Gasteiger partial charge in [-0.3, -0.25) is 0 Å². The van der Waals surface area contributed by atoms with Crippen LogP contribution in [0.3, 0.4) is 0 Å². The highest BCUT2D eigenvalue weighted by Gasteiger charge is 2.14. The molecule has 0 radical (unpaired) electrons. The molecular formula is C11H14BrClN2O2S2. The average molecular weight is 386 g/mol. The molecule has 0 aliphatic carbocycles. The van der Waals surface area contributed by atoms with E-state index in [9.17, 15) is 8.42 Å². The first kappa shape index (κ1) is 16.8. The fourth-order valence-electron chi connectivity index (χ4n) is 1.36. The standard InChI is InChI=1S/C11H14BrClN2O2S2/c12-9-7-8(4-5-10(9)13)19(16,17)15-6-2-1-3-11(14)18/h4-5,7,15H,1-3,6H2,(H2,14,18). The van der Waals surface area contributed by atoms with Crippen molar-refractivity contribution >= 4 is 54.8 Å². The second-order valence-corrected chi connectivity index (χ2v) is 7.45. The number of benzene rings is 1. The van der Waals surface area contributed by atoms with E-state index in [0.29, 0.717) is 33.9 Å². The third kappa shape index (κ3) is 5.74. The summed E-state index contributed by atoms with van der Waals surface area (Å²) in [5.41, 5.74) is 5.36. The van der Waals surface area contributed by atoms with E-state index in [1.807, 2.05) is 0 Å². The Morgan fingerprint density at radius 3 is 2.68 bits per heavy atom. The van der Waals surface area contributed by atoms with Gasteiger partial charge in [-0.25, -0.2) is 13.1 Å². The summed E-state index contributed by atoms with van der Waals surface area (Å²) in [5, 5.41) is 0.468. The molecule has 0 saturated heterocycles. The van der Waals surface area contributed by atoms with E-state index in [0.717, 1.165) is 6.42 Å². The number of nitrogens with two attached hydrogens (primary N) is 1. The molecule has 0 amide bonds. The maximum absolute atomic E-state index is 12.0. The van der Waals surface area contributed by atoms with Gasteiger partial charge < -0.3 is 5.73 Å². The lowest BCUT2D eigenvalue weighted by Gasteiger charge is -2.07. The first-order valence-electron chi connectivity index (χ1n) is 5.56. The van der Waals surface area contributed by atoms with Crippen molar-refractivity contribution in [1.82, 2.24) is 4.72 Å². The highest BCUT2D eigenvalue weighted by Crippen LogP contribution is 2.25. The van der Waals surface area contributed by atoms with Gasteiger partial charge >= 0.3 is 0 Å². The van der Waals surface area contributed by atoms with Gasteiger partial charge in [0.25, 0.3) is 0 Å². The minimum Gasteiger partial charge on any atom is -0.393 e. The molecule has 0 aromatic heterocycles. The van der Waals surface area contributed by atoms with Gasteiger partial charge in [0.2, 0.25) is 10.0 Å². The Morgan fingerprint density at radius 1 is 1.42 bits per heavy atom. The monoisotopic (exact) mass is 384 g/mol. The molecule has 19 heavy (non-hydrogen) atoms. The Morgan fingerprint density at radius 2 is 2.11 bits per heavy atom. The van der Waals surface area contributed by atoms with Crippen molar-refractivity contribution in [2.24, 2.45) is 5.73 Å². The zero-order valence-corrected chi connectivity index (χ0v) is 14.0. The SMILES string of the molecule is NC(=S)CCCCNS(=O)(=O)c1ccc(Cl)c(Br)c1. The highest BCUT2D eigenvalue weighted by atomic mass is 79.9. The van der Waals surface area contributed by atoms with Gasteiger partial charge in [0.05, 0.1) is 14.9 Å². The van der Waals surface area contributed by atoms with E-state index in [4.69, 9.17) is 29.6 Å². The van der Waals surface area contributed by atoms with Crippen molar-refractivity contribution < 1.29 is 8.42 Å². The zero-order valence-electron chi connectivity index (χ0n) is 10.0. The van der Waals surface area contributed by atoms with Crippen LogP contribution in [0.25, 0.3) is 0 Å². The molecule has 0 fully saturated rings. The number of thiocarbonyl (C=S) groups is 1. The van der Waals surface area contributed by atoms with Crippen molar-refractivity contribution in [2.75, 3.05) is 6.54 Å². The van der Waals surface area contributed by atoms with E-state index in [-0.39, 0.29) is 4.90 Å².